The Bertz CT molecular complexity index is 557. The molecule has 0 fully saturated rings. The minimum absolute atomic E-state index is 0.715. The second kappa shape index (κ2) is 7.54. The van der Waals surface area contributed by atoms with Crippen molar-refractivity contribution < 1.29 is 65.3 Å². The summed E-state index contributed by atoms with van der Waals surface area (Å²) >= 11 is 0. The SMILES string of the molecule is CS(=O)(=O)O.O=S(=O)(O)C(F)(F)F.O=S(=O)(O)C(F)(F)F. The molecular weight excluding hydrogens is 390 g/mol. The van der Waals surface area contributed by atoms with Crippen LogP contribution in [0.25, 0.3) is 0 Å². The number of halogens is 6. The van der Waals surface area contributed by atoms with E-state index in [1.807, 2.05) is 0 Å². The van der Waals surface area contributed by atoms with Crippen LogP contribution in [0, 0.1) is 0 Å². The summed E-state index contributed by atoms with van der Waals surface area (Å²) in [4.78, 5) is 0. The summed E-state index contributed by atoms with van der Waals surface area (Å²) in [5.41, 5.74) is -11.1. The Hall–Kier alpha value is -0.690. The highest BCUT2D eigenvalue weighted by atomic mass is 32.2. The maximum Gasteiger partial charge on any atom is 0.522 e. The number of hydrogen-bond acceptors (Lipinski definition) is 6. The van der Waals surface area contributed by atoms with Crippen molar-refractivity contribution in [2.24, 2.45) is 0 Å². The van der Waals surface area contributed by atoms with E-state index in [0.717, 1.165) is 0 Å². The molecule has 0 aliphatic heterocycles. The molecule has 0 aliphatic carbocycles. The molecule has 0 saturated heterocycles. The Balaban J connectivity index is -0.000000239. The van der Waals surface area contributed by atoms with Crippen molar-refractivity contribution in [3.63, 3.8) is 0 Å². The zero-order valence-corrected chi connectivity index (χ0v) is 11.7. The van der Waals surface area contributed by atoms with Crippen LogP contribution in [0.15, 0.2) is 0 Å². The molecule has 0 rings (SSSR count). The molecule has 132 valence electrons. The van der Waals surface area contributed by atoms with Crippen LogP contribution in [0.5, 0.6) is 0 Å². The molecule has 0 amide bonds. The van der Waals surface area contributed by atoms with Gasteiger partial charge >= 0.3 is 31.3 Å². The molecule has 21 heavy (non-hydrogen) atoms. The van der Waals surface area contributed by atoms with Gasteiger partial charge in [-0.2, -0.15) is 51.6 Å². The van der Waals surface area contributed by atoms with Gasteiger partial charge in [0.25, 0.3) is 10.1 Å². The van der Waals surface area contributed by atoms with E-state index in [4.69, 9.17) is 30.5 Å². The average molecular weight is 396 g/mol. The highest BCUT2D eigenvalue weighted by Gasteiger charge is 2.45. The topological polar surface area (TPSA) is 163 Å². The lowest BCUT2D eigenvalue weighted by atomic mass is 11.6. The predicted molar refractivity (Wildman–Crippen MR) is 52.7 cm³/mol. The number of rotatable bonds is 0. The van der Waals surface area contributed by atoms with Gasteiger partial charge in [0.2, 0.25) is 0 Å². The summed E-state index contributed by atoms with van der Waals surface area (Å²) in [6, 6.07) is 0. The van der Waals surface area contributed by atoms with Crippen molar-refractivity contribution in [1.82, 2.24) is 0 Å². The normalized spacial score (nSPS) is 13.4. The van der Waals surface area contributed by atoms with Gasteiger partial charge in [-0.15, -0.1) is 0 Å². The molecule has 0 atom stereocenters. The highest BCUT2D eigenvalue weighted by molar-refractivity contribution is 7.87. The van der Waals surface area contributed by atoms with Crippen LogP contribution in [-0.4, -0.2) is 56.2 Å². The molecule has 0 bridgehead atoms. The standard InChI is InChI=1S/2CHF3O3S.CH4O3S/c2*2-1(3,4)8(5,6)7;1-5(2,3)4/h2*(H,5,6,7);1H3,(H,2,3,4). The van der Waals surface area contributed by atoms with Crippen LogP contribution in [0.2, 0.25) is 0 Å². The molecule has 0 aliphatic rings. The zero-order chi connectivity index (χ0) is 18.5. The number of hydrogen-bond donors (Lipinski definition) is 3. The molecule has 0 aromatic heterocycles. The summed E-state index contributed by atoms with van der Waals surface area (Å²) in [7, 11) is -15.3. The smallest absolute Gasteiger partial charge is 0.286 e. The van der Waals surface area contributed by atoms with Crippen LogP contribution >= 0.6 is 0 Å². The van der Waals surface area contributed by atoms with Crippen LogP contribution in [0.3, 0.4) is 0 Å². The first-order valence-electron chi connectivity index (χ1n) is 3.50. The highest BCUT2D eigenvalue weighted by Crippen LogP contribution is 2.21. The second-order valence-electron chi connectivity index (χ2n) is 2.57. The fourth-order valence-electron chi connectivity index (χ4n) is 0. The molecule has 3 N–H and O–H groups in total. The summed E-state index contributed by atoms with van der Waals surface area (Å²) in [6.07, 6.45) is 0.715. The molecule has 0 unspecified atom stereocenters. The van der Waals surface area contributed by atoms with Crippen LogP contribution in [0.1, 0.15) is 0 Å². The third-order valence-corrected chi connectivity index (χ3v) is 1.75. The second-order valence-corrected chi connectivity index (χ2v) is 6.87. The van der Waals surface area contributed by atoms with Gasteiger partial charge in [0, 0.05) is 0 Å². The van der Waals surface area contributed by atoms with E-state index in [2.05, 4.69) is 0 Å². The molecule has 0 spiro atoms. The summed E-state index contributed by atoms with van der Waals surface area (Å²) in [5, 5.41) is 0. The first-order valence-corrected chi connectivity index (χ1v) is 8.23. The molecule has 0 aromatic rings. The average Bonchev–Trinajstić information content (AvgIpc) is 1.91. The Morgan fingerprint density at radius 3 is 0.667 bits per heavy atom. The molecule has 0 radical (unpaired) electrons. The van der Waals surface area contributed by atoms with Crippen molar-refractivity contribution in [2.75, 3.05) is 6.26 Å². The van der Waals surface area contributed by atoms with Gasteiger partial charge in [-0.3, -0.25) is 13.7 Å². The fourth-order valence-corrected chi connectivity index (χ4v) is 0. The van der Waals surface area contributed by atoms with E-state index >= 15 is 0 Å². The van der Waals surface area contributed by atoms with Crippen LogP contribution in [-0.2, 0) is 30.4 Å². The molecular formula is C3H6F6O9S3. The first-order chi connectivity index (χ1) is 8.50. The first kappa shape index (κ1) is 25.3. The maximum absolute atomic E-state index is 10.7. The minimum atomic E-state index is -5.84. The van der Waals surface area contributed by atoms with E-state index < -0.39 is 41.4 Å². The molecule has 0 heterocycles. The van der Waals surface area contributed by atoms with E-state index in [1.165, 1.54) is 0 Å². The number of alkyl halides is 6. The Labute approximate surface area is 113 Å². The summed E-state index contributed by atoms with van der Waals surface area (Å²) in [6.45, 7) is 0. The van der Waals surface area contributed by atoms with Gasteiger partial charge in [-0.25, -0.2) is 0 Å². The Morgan fingerprint density at radius 1 is 0.619 bits per heavy atom. The molecule has 0 aromatic carbocycles. The lowest BCUT2D eigenvalue weighted by Crippen LogP contribution is -2.21. The maximum atomic E-state index is 10.7. The lowest BCUT2D eigenvalue weighted by Gasteiger charge is -1.97. The Kier molecular flexibility index (Phi) is 9.07. The molecule has 0 saturated carbocycles. The fraction of sp³-hybridized carbons (Fsp3) is 1.00. The van der Waals surface area contributed by atoms with E-state index in [-0.39, 0.29) is 0 Å². The quantitative estimate of drug-likeness (QED) is 0.297. The van der Waals surface area contributed by atoms with Gasteiger partial charge in [0.1, 0.15) is 0 Å². The largest absolute Gasteiger partial charge is 0.522 e. The van der Waals surface area contributed by atoms with Crippen molar-refractivity contribution in [2.45, 2.75) is 11.0 Å². The van der Waals surface area contributed by atoms with Crippen molar-refractivity contribution in [3.05, 3.63) is 0 Å². The Morgan fingerprint density at radius 2 is 0.667 bits per heavy atom. The van der Waals surface area contributed by atoms with Crippen molar-refractivity contribution >= 4 is 30.4 Å². The molecule has 18 heteroatoms. The van der Waals surface area contributed by atoms with Gasteiger partial charge in [0.15, 0.2) is 0 Å². The van der Waals surface area contributed by atoms with E-state index in [1.54, 1.807) is 0 Å². The lowest BCUT2D eigenvalue weighted by molar-refractivity contribution is -0.0514. The summed E-state index contributed by atoms with van der Waals surface area (Å²) in [5.74, 6) is 0. The van der Waals surface area contributed by atoms with Gasteiger partial charge < -0.3 is 0 Å². The zero-order valence-electron chi connectivity index (χ0n) is 9.28. The van der Waals surface area contributed by atoms with Crippen LogP contribution < -0.4 is 0 Å². The van der Waals surface area contributed by atoms with E-state index in [9.17, 15) is 34.8 Å². The van der Waals surface area contributed by atoms with Crippen LogP contribution in [0.4, 0.5) is 26.3 Å². The van der Waals surface area contributed by atoms with Crippen molar-refractivity contribution in [3.8, 4) is 0 Å². The van der Waals surface area contributed by atoms with E-state index in [0.29, 0.717) is 6.26 Å². The van der Waals surface area contributed by atoms with Crippen molar-refractivity contribution in [1.29, 1.82) is 0 Å². The van der Waals surface area contributed by atoms with Gasteiger partial charge in [-0.1, -0.05) is 0 Å². The van der Waals surface area contributed by atoms with Gasteiger partial charge in [0.05, 0.1) is 6.26 Å². The third kappa shape index (κ3) is 19.3. The van der Waals surface area contributed by atoms with Gasteiger partial charge in [-0.05, 0) is 0 Å². The monoisotopic (exact) mass is 396 g/mol. The third-order valence-electron chi connectivity index (χ3n) is 0.585. The minimum Gasteiger partial charge on any atom is -0.286 e. The molecule has 9 nitrogen and oxygen atoms in total. The predicted octanol–water partition coefficient (Wildman–Crippen LogP) is 0.292. The summed E-state index contributed by atoms with van der Waals surface area (Å²) < 4.78 is 141.